The van der Waals surface area contributed by atoms with E-state index in [1.807, 2.05) is 30.3 Å². The Kier molecular flexibility index (Phi) is 6.66. The van der Waals surface area contributed by atoms with Crippen LogP contribution in [-0.2, 0) is 13.2 Å². The van der Waals surface area contributed by atoms with Crippen molar-refractivity contribution in [1.29, 1.82) is 0 Å². The summed E-state index contributed by atoms with van der Waals surface area (Å²) < 4.78 is 7.32. The van der Waals surface area contributed by atoms with Crippen LogP contribution in [0, 0.1) is 10.1 Å². The van der Waals surface area contributed by atoms with E-state index in [-0.39, 0.29) is 29.0 Å². The van der Waals surface area contributed by atoms with Crippen molar-refractivity contribution in [2.75, 3.05) is 5.32 Å². The number of anilines is 1. The number of carbonyl (C=O) groups excluding carboxylic acids is 1. The van der Waals surface area contributed by atoms with Crippen LogP contribution >= 0.6 is 11.6 Å². The van der Waals surface area contributed by atoms with Crippen LogP contribution in [0.2, 0.25) is 5.02 Å². The number of amides is 1. The highest BCUT2D eigenvalue weighted by Gasteiger charge is 2.16. The van der Waals surface area contributed by atoms with Gasteiger partial charge in [0.15, 0.2) is 11.6 Å². The molecule has 0 saturated carbocycles. The molecule has 3 aromatic carbocycles. The minimum Gasteiger partial charge on any atom is -0.482 e. The number of carbonyl (C=O) groups is 1. The van der Waals surface area contributed by atoms with Gasteiger partial charge in [-0.2, -0.15) is 5.10 Å². The maximum atomic E-state index is 12.5. The normalized spacial score (nSPS) is 10.6. The maximum Gasteiger partial charge on any atom is 0.312 e. The van der Waals surface area contributed by atoms with E-state index in [0.717, 1.165) is 11.1 Å². The van der Waals surface area contributed by atoms with Gasteiger partial charge in [-0.15, -0.1) is 0 Å². The van der Waals surface area contributed by atoms with Gasteiger partial charge in [-0.25, -0.2) is 0 Å². The molecule has 8 nitrogen and oxygen atoms in total. The third kappa shape index (κ3) is 5.75. The number of rotatable bonds is 8. The molecule has 0 aliphatic carbocycles. The third-order valence-electron chi connectivity index (χ3n) is 4.80. The quantitative estimate of drug-likeness (QED) is 0.282. The second-order valence-electron chi connectivity index (χ2n) is 7.19. The molecule has 1 N–H and O–H groups in total. The fraction of sp³-hybridized carbons (Fsp3) is 0.0833. The standard InChI is InChI=1S/C24H19ClN4O4/c25-20-10-11-22(21(14-20)29(31)32)33-16-18-6-8-19(9-7-18)24(30)26-23-12-13-28(27-23)15-17-4-2-1-3-5-17/h1-14H,15-16H2,(H,26,27,30). The Labute approximate surface area is 194 Å². The van der Waals surface area contributed by atoms with E-state index in [1.165, 1.54) is 18.2 Å². The molecule has 4 aromatic rings. The summed E-state index contributed by atoms with van der Waals surface area (Å²) >= 11 is 5.82. The Bertz CT molecular complexity index is 1270. The first-order chi connectivity index (χ1) is 16.0. The Hall–Kier alpha value is -4.17. The molecule has 1 amide bonds. The molecular formula is C24H19ClN4O4. The summed E-state index contributed by atoms with van der Waals surface area (Å²) in [6.45, 7) is 0.714. The van der Waals surface area contributed by atoms with E-state index in [1.54, 1.807) is 41.2 Å². The number of nitrogens with one attached hydrogen (secondary N) is 1. The predicted molar refractivity (Wildman–Crippen MR) is 125 cm³/mol. The largest absolute Gasteiger partial charge is 0.482 e. The fourth-order valence-corrected chi connectivity index (χ4v) is 3.31. The zero-order chi connectivity index (χ0) is 23.2. The van der Waals surface area contributed by atoms with Crippen LogP contribution in [0.3, 0.4) is 0 Å². The zero-order valence-corrected chi connectivity index (χ0v) is 18.1. The SMILES string of the molecule is O=C(Nc1ccn(Cc2ccccc2)n1)c1ccc(COc2ccc(Cl)cc2[N+](=O)[O-])cc1. The smallest absolute Gasteiger partial charge is 0.312 e. The first-order valence-electron chi connectivity index (χ1n) is 10.0. The monoisotopic (exact) mass is 462 g/mol. The summed E-state index contributed by atoms with van der Waals surface area (Å²) in [5.41, 5.74) is 2.11. The second-order valence-corrected chi connectivity index (χ2v) is 7.63. The molecule has 1 aromatic heterocycles. The molecule has 4 rings (SSSR count). The molecule has 9 heteroatoms. The molecule has 0 bridgehead atoms. The van der Waals surface area contributed by atoms with Gasteiger partial charge in [0.25, 0.3) is 5.91 Å². The van der Waals surface area contributed by atoms with Crippen LogP contribution in [0.5, 0.6) is 5.75 Å². The molecule has 0 unspecified atom stereocenters. The van der Waals surface area contributed by atoms with Crippen molar-refractivity contribution in [3.8, 4) is 5.75 Å². The van der Waals surface area contributed by atoms with E-state index in [4.69, 9.17) is 16.3 Å². The summed E-state index contributed by atoms with van der Waals surface area (Å²) in [7, 11) is 0. The Morgan fingerprint density at radius 3 is 2.52 bits per heavy atom. The summed E-state index contributed by atoms with van der Waals surface area (Å²) in [4.78, 5) is 23.2. The van der Waals surface area contributed by atoms with Gasteiger partial charge in [0, 0.05) is 28.9 Å². The third-order valence-corrected chi connectivity index (χ3v) is 5.03. The number of hydrogen-bond donors (Lipinski definition) is 1. The number of ether oxygens (including phenoxy) is 1. The summed E-state index contributed by atoms with van der Waals surface area (Å²) in [6.07, 6.45) is 1.80. The van der Waals surface area contributed by atoms with Crippen molar-refractivity contribution >= 4 is 29.0 Å². The van der Waals surface area contributed by atoms with E-state index in [2.05, 4.69) is 10.4 Å². The zero-order valence-electron chi connectivity index (χ0n) is 17.3. The molecule has 0 fully saturated rings. The van der Waals surface area contributed by atoms with Gasteiger partial charge in [0.2, 0.25) is 0 Å². The molecule has 166 valence electrons. The lowest BCUT2D eigenvalue weighted by molar-refractivity contribution is -0.385. The maximum absolute atomic E-state index is 12.5. The number of nitro benzene ring substituents is 1. The van der Waals surface area contributed by atoms with Gasteiger partial charge in [0.1, 0.15) is 6.61 Å². The molecule has 0 radical (unpaired) electrons. The Morgan fingerprint density at radius 1 is 1.03 bits per heavy atom. The number of hydrogen-bond acceptors (Lipinski definition) is 5. The highest BCUT2D eigenvalue weighted by Crippen LogP contribution is 2.30. The van der Waals surface area contributed by atoms with Crippen LogP contribution in [-0.4, -0.2) is 20.6 Å². The lowest BCUT2D eigenvalue weighted by Crippen LogP contribution is -2.13. The average molecular weight is 463 g/mol. The summed E-state index contributed by atoms with van der Waals surface area (Å²) in [5.74, 6) is 0.288. The molecular weight excluding hydrogens is 444 g/mol. The molecule has 0 atom stereocenters. The van der Waals surface area contributed by atoms with Crippen LogP contribution in [0.15, 0.2) is 85.1 Å². The second kappa shape index (κ2) is 9.97. The average Bonchev–Trinajstić information content (AvgIpc) is 3.25. The lowest BCUT2D eigenvalue weighted by atomic mass is 10.1. The van der Waals surface area contributed by atoms with E-state index >= 15 is 0 Å². The minimum absolute atomic E-state index is 0.105. The van der Waals surface area contributed by atoms with Crippen molar-refractivity contribution in [2.24, 2.45) is 0 Å². The van der Waals surface area contributed by atoms with Crippen molar-refractivity contribution < 1.29 is 14.5 Å². The molecule has 0 spiro atoms. The van der Waals surface area contributed by atoms with Gasteiger partial charge < -0.3 is 10.1 Å². The van der Waals surface area contributed by atoms with E-state index in [9.17, 15) is 14.9 Å². The molecule has 1 heterocycles. The van der Waals surface area contributed by atoms with E-state index < -0.39 is 4.92 Å². The Balaban J connectivity index is 1.35. The Morgan fingerprint density at radius 2 is 1.79 bits per heavy atom. The first kappa shape index (κ1) is 22.0. The van der Waals surface area contributed by atoms with Gasteiger partial charge in [-0.3, -0.25) is 19.6 Å². The molecule has 0 aliphatic rings. The van der Waals surface area contributed by atoms with Gasteiger partial charge in [-0.05, 0) is 35.4 Å². The number of halogens is 1. The van der Waals surface area contributed by atoms with Crippen LogP contribution < -0.4 is 10.1 Å². The van der Waals surface area contributed by atoms with Crippen LogP contribution in [0.4, 0.5) is 11.5 Å². The number of nitro groups is 1. The van der Waals surface area contributed by atoms with Crippen LogP contribution in [0.1, 0.15) is 21.5 Å². The predicted octanol–water partition coefficient (Wildman–Crippen LogP) is 5.32. The highest BCUT2D eigenvalue weighted by atomic mass is 35.5. The number of nitrogens with zero attached hydrogens (tertiary/aromatic N) is 3. The van der Waals surface area contributed by atoms with Crippen molar-refractivity contribution in [3.05, 3.63) is 117 Å². The van der Waals surface area contributed by atoms with Crippen LogP contribution in [0.25, 0.3) is 0 Å². The topological polar surface area (TPSA) is 99.3 Å². The lowest BCUT2D eigenvalue weighted by Gasteiger charge is -2.08. The first-order valence-corrected chi connectivity index (χ1v) is 10.4. The molecule has 0 saturated heterocycles. The number of benzene rings is 3. The van der Waals surface area contributed by atoms with Gasteiger partial charge >= 0.3 is 5.69 Å². The van der Waals surface area contributed by atoms with E-state index in [0.29, 0.717) is 17.9 Å². The van der Waals surface area contributed by atoms with Gasteiger partial charge in [0.05, 0.1) is 11.5 Å². The summed E-state index contributed by atoms with van der Waals surface area (Å²) in [6, 6.07) is 22.6. The molecule has 33 heavy (non-hydrogen) atoms. The fourth-order valence-electron chi connectivity index (χ4n) is 3.14. The van der Waals surface area contributed by atoms with Crippen molar-refractivity contribution in [1.82, 2.24) is 9.78 Å². The van der Waals surface area contributed by atoms with Crippen molar-refractivity contribution in [3.63, 3.8) is 0 Å². The van der Waals surface area contributed by atoms with Gasteiger partial charge in [-0.1, -0.05) is 54.1 Å². The number of aromatic nitrogens is 2. The molecule has 0 aliphatic heterocycles. The minimum atomic E-state index is -0.546. The van der Waals surface area contributed by atoms with Crippen molar-refractivity contribution in [2.45, 2.75) is 13.2 Å². The highest BCUT2D eigenvalue weighted by molar-refractivity contribution is 6.30. The summed E-state index contributed by atoms with van der Waals surface area (Å²) in [5, 5.41) is 18.6.